The summed E-state index contributed by atoms with van der Waals surface area (Å²) in [6, 6.07) is 14.2. The highest BCUT2D eigenvalue weighted by Gasteiger charge is 2.39. The van der Waals surface area contributed by atoms with Crippen molar-refractivity contribution in [2.45, 2.75) is 45.4 Å². The fraction of sp³-hybridized carbons (Fsp3) is 0.423. The topological polar surface area (TPSA) is 69.3 Å². The second kappa shape index (κ2) is 8.41. The molecule has 0 spiro atoms. The molecule has 2 aliphatic rings. The number of nitrogens with one attached hydrogen (secondary N) is 1. The maximum absolute atomic E-state index is 13.3. The zero-order chi connectivity index (χ0) is 22.2. The molecule has 3 heterocycles. The fourth-order valence-corrected chi connectivity index (χ4v) is 5.28. The highest BCUT2D eigenvalue weighted by atomic mass is 16.2. The first-order chi connectivity index (χ1) is 15.5. The molecule has 1 atom stereocenters. The number of aromatic amines is 1. The predicted molar refractivity (Wildman–Crippen MR) is 126 cm³/mol. The van der Waals surface area contributed by atoms with E-state index in [1.807, 2.05) is 53.1 Å². The Labute approximate surface area is 188 Å². The van der Waals surface area contributed by atoms with E-state index >= 15 is 0 Å². The molecule has 2 saturated heterocycles. The summed E-state index contributed by atoms with van der Waals surface area (Å²) in [7, 11) is 0. The van der Waals surface area contributed by atoms with E-state index in [-0.39, 0.29) is 17.7 Å². The van der Waals surface area contributed by atoms with Gasteiger partial charge in [-0.05, 0) is 49.4 Å². The number of hydrogen-bond donors (Lipinski definition) is 1. The lowest BCUT2D eigenvalue weighted by molar-refractivity contribution is -0.136. The van der Waals surface area contributed by atoms with Gasteiger partial charge in [-0.25, -0.2) is 4.98 Å². The summed E-state index contributed by atoms with van der Waals surface area (Å²) in [5.74, 6) is 1.29. The van der Waals surface area contributed by atoms with Gasteiger partial charge in [-0.2, -0.15) is 0 Å². The quantitative estimate of drug-likeness (QED) is 0.675. The molecule has 1 N–H and O–H groups in total. The summed E-state index contributed by atoms with van der Waals surface area (Å²) >= 11 is 0. The number of carbonyl (C=O) groups is 2. The Morgan fingerprint density at radius 1 is 1.12 bits per heavy atom. The van der Waals surface area contributed by atoms with Gasteiger partial charge in [-0.1, -0.05) is 37.3 Å². The number of para-hydroxylation sites is 3. The maximum atomic E-state index is 13.3. The minimum atomic E-state index is -0.255. The number of nitrogens with zero attached hydrogens (tertiary/aromatic N) is 3. The first-order valence-corrected chi connectivity index (χ1v) is 11.7. The van der Waals surface area contributed by atoms with Crippen molar-refractivity contribution >= 4 is 28.5 Å². The predicted octanol–water partition coefficient (Wildman–Crippen LogP) is 4.19. The normalized spacial score (nSPS) is 19.8. The molecule has 6 heteroatoms. The Morgan fingerprint density at radius 3 is 2.66 bits per heavy atom. The average molecular weight is 431 g/mol. The molecule has 2 aliphatic heterocycles. The molecule has 166 valence electrons. The third-order valence-electron chi connectivity index (χ3n) is 7.05. The molecular formula is C26H30N4O2. The van der Waals surface area contributed by atoms with Crippen molar-refractivity contribution < 1.29 is 9.59 Å². The van der Waals surface area contributed by atoms with Crippen molar-refractivity contribution in [1.29, 1.82) is 0 Å². The standard InChI is InChI=1S/C26H30N4O2/c1-3-18-8-6-7-17(2)24(18)30-16-20(15-23(30)31)26(32)29-13-11-19(12-14-29)25-27-21-9-4-5-10-22(21)28-25/h4-10,19-20H,3,11-16H2,1-2H3,(H,27,28). The van der Waals surface area contributed by atoms with Crippen LogP contribution in [0.25, 0.3) is 11.0 Å². The van der Waals surface area contributed by atoms with Crippen LogP contribution in [0.2, 0.25) is 0 Å². The monoisotopic (exact) mass is 430 g/mol. The number of imidazole rings is 1. The van der Waals surface area contributed by atoms with Gasteiger partial charge in [0, 0.05) is 37.7 Å². The number of fused-ring (bicyclic) bond motifs is 1. The van der Waals surface area contributed by atoms with Gasteiger partial charge < -0.3 is 14.8 Å². The van der Waals surface area contributed by atoms with Crippen LogP contribution in [0, 0.1) is 12.8 Å². The van der Waals surface area contributed by atoms with Gasteiger partial charge in [0.1, 0.15) is 5.82 Å². The number of anilines is 1. The molecule has 2 aromatic carbocycles. The third kappa shape index (κ3) is 3.68. The van der Waals surface area contributed by atoms with E-state index < -0.39 is 0 Å². The average Bonchev–Trinajstić information content (AvgIpc) is 3.42. The Morgan fingerprint density at radius 2 is 1.91 bits per heavy atom. The van der Waals surface area contributed by atoms with Crippen LogP contribution in [0.1, 0.15) is 49.1 Å². The number of piperidine rings is 1. The van der Waals surface area contributed by atoms with Crippen molar-refractivity contribution in [2.24, 2.45) is 5.92 Å². The summed E-state index contributed by atoms with van der Waals surface area (Å²) in [6.07, 6.45) is 2.97. The summed E-state index contributed by atoms with van der Waals surface area (Å²) in [5.41, 5.74) is 5.32. The van der Waals surface area contributed by atoms with Gasteiger partial charge in [0.2, 0.25) is 11.8 Å². The van der Waals surface area contributed by atoms with Gasteiger partial charge in [0.05, 0.1) is 17.0 Å². The van der Waals surface area contributed by atoms with Crippen LogP contribution in [0.5, 0.6) is 0 Å². The molecular weight excluding hydrogens is 400 g/mol. The van der Waals surface area contributed by atoms with Crippen molar-refractivity contribution in [3.8, 4) is 0 Å². The second-order valence-corrected chi connectivity index (χ2v) is 9.08. The number of aryl methyl sites for hydroxylation is 2. The van der Waals surface area contributed by atoms with Crippen molar-refractivity contribution in [3.05, 3.63) is 59.4 Å². The molecule has 3 aromatic rings. The number of likely N-dealkylation sites (tertiary alicyclic amines) is 1. The van der Waals surface area contributed by atoms with Crippen molar-refractivity contribution in [2.75, 3.05) is 24.5 Å². The summed E-state index contributed by atoms with van der Waals surface area (Å²) in [4.78, 5) is 38.1. The summed E-state index contributed by atoms with van der Waals surface area (Å²) in [6.45, 7) is 6.07. The molecule has 1 aromatic heterocycles. The summed E-state index contributed by atoms with van der Waals surface area (Å²) in [5, 5.41) is 0. The Balaban J connectivity index is 1.24. The van der Waals surface area contributed by atoms with Crippen LogP contribution >= 0.6 is 0 Å². The highest BCUT2D eigenvalue weighted by Crippen LogP contribution is 2.34. The van der Waals surface area contributed by atoms with Crippen molar-refractivity contribution in [3.63, 3.8) is 0 Å². The van der Waals surface area contributed by atoms with Crippen LogP contribution in [0.4, 0.5) is 5.69 Å². The van der Waals surface area contributed by atoms with Crippen LogP contribution in [-0.4, -0.2) is 46.3 Å². The second-order valence-electron chi connectivity index (χ2n) is 9.08. The lowest BCUT2D eigenvalue weighted by Gasteiger charge is -2.32. The lowest BCUT2D eigenvalue weighted by Crippen LogP contribution is -2.42. The maximum Gasteiger partial charge on any atom is 0.228 e. The summed E-state index contributed by atoms with van der Waals surface area (Å²) < 4.78 is 0. The number of carbonyl (C=O) groups excluding carboxylic acids is 2. The molecule has 0 bridgehead atoms. The molecule has 6 nitrogen and oxygen atoms in total. The molecule has 32 heavy (non-hydrogen) atoms. The molecule has 5 rings (SSSR count). The Bertz CT molecular complexity index is 1130. The van der Waals surface area contributed by atoms with Gasteiger partial charge in [0.25, 0.3) is 0 Å². The first kappa shape index (κ1) is 20.7. The van der Waals surface area contributed by atoms with Crippen LogP contribution < -0.4 is 4.90 Å². The SMILES string of the molecule is CCc1cccc(C)c1N1CC(C(=O)N2CCC(c3nc4ccccc4[nH]3)CC2)CC1=O. The highest BCUT2D eigenvalue weighted by molar-refractivity contribution is 6.01. The minimum Gasteiger partial charge on any atom is -0.342 e. The minimum absolute atomic E-state index is 0.0597. The molecule has 1 unspecified atom stereocenters. The molecule has 0 saturated carbocycles. The fourth-order valence-electron chi connectivity index (χ4n) is 5.28. The van der Waals surface area contributed by atoms with Crippen molar-refractivity contribution in [1.82, 2.24) is 14.9 Å². The molecule has 2 fully saturated rings. The lowest BCUT2D eigenvalue weighted by atomic mass is 9.95. The number of amides is 2. The third-order valence-corrected chi connectivity index (χ3v) is 7.05. The van der Waals surface area contributed by atoms with E-state index in [4.69, 9.17) is 4.98 Å². The van der Waals surface area contributed by atoms with E-state index in [9.17, 15) is 9.59 Å². The van der Waals surface area contributed by atoms with E-state index in [1.54, 1.807) is 0 Å². The van der Waals surface area contributed by atoms with E-state index in [1.165, 1.54) is 0 Å². The van der Waals surface area contributed by atoms with E-state index in [0.29, 0.717) is 18.9 Å². The van der Waals surface area contributed by atoms with E-state index in [0.717, 1.165) is 66.0 Å². The number of hydrogen-bond acceptors (Lipinski definition) is 3. The van der Waals surface area contributed by atoms with Crippen LogP contribution in [-0.2, 0) is 16.0 Å². The van der Waals surface area contributed by atoms with Gasteiger partial charge in [0.15, 0.2) is 0 Å². The molecule has 0 radical (unpaired) electrons. The Hall–Kier alpha value is -3.15. The number of rotatable bonds is 4. The number of H-pyrrole nitrogens is 1. The van der Waals surface area contributed by atoms with Gasteiger partial charge in [-0.15, -0.1) is 0 Å². The molecule has 0 aliphatic carbocycles. The Kier molecular flexibility index (Phi) is 5.45. The van der Waals surface area contributed by atoms with Crippen LogP contribution in [0.3, 0.4) is 0 Å². The first-order valence-electron chi connectivity index (χ1n) is 11.7. The van der Waals surface area contributed by atoms with Crippen LogP contribution in [0.15, 0.2) is 42.5 Å². The van der Waals surface area contributed by atoms with E-state index in [2.05, 4.69) is 18.0 Å². The van der Waals surface area contributed by atoms with Gasteiger partial charge in [-0.3, -0.25) is 9.59 Å². The number of benzene rings is 2. The largest absolute Gasteiger partial charge is 0.342 e. The smallest absolute Gasteiger partial charge is 0.228 e. The van der Waals surface area contributed by atoms with Gasteiger partial charge >= 0.3 is 0 Å². The zero-order valence-corrected chi connectivity index (χ0v) is 18.8. The molecule has 2 amide bonds. The zero-order valence-electron chi connectivity index (χ0n) is 18.8. The number of aromatic nitrogens is 2.